The molecule has 0 aliphatic heterocycles. The summed E-state index contributed by atoms with van der Waals surface area (Å²) in [6.07, 6.45) is 3.87. The van der Waals surface area contributed by atoms with Gasteiger partial charge in [0.2, 0.25) is 0 Å². The van der Waals surface area contributed by atoms with Gasteiger partial charge in [-0.15, -0.1) is 0 Å². The van der Waals surface area contributed by atoms with Crippen LogP contribution < -0.4 is 0 Å². The summed E-state index contributed by atoms with van der Waals surface area (Å²) in [5, 5.41) is 0. The van der Waals surface area contributed by atoms with Crippen LogP contribution >= 0.6 is 0 Å². The summed E-state index contributed by atoms with van der Waals surface area (Å²) in [7, 11) is 0. The van der Waals surface area contributed by atoms with E-state index in [4.69, 9.17) is 0 Å². The Bertz CT molecular complexity index is 111. The van der Waals surface area contributed by atoms with E-state index in [1.54, 1.807) is 5.92 Å². The highest BCUT2D eigenvalue weighted by Gasteiger charge is 2.19. The molecular formula is C12H25. The first-order chi connectivity index (χ1) is 5.37. The Morgan fingerprint density at radius 3 is 2.08 bits per heavy atom. The van der Waals surface area contributed by atoms with Crippen molar-refractivity contribution < 1.29 is 0 Å². The molecule has 1 radical (unpaired) electrons. The Kier molecular flexibility index (Phi) is 4.89. The summed E-state index contributed by atoms with van der Waals surface area (Å²) < 4.78 is 0. The van der Waals surface area contributed by atoms with Gasteiger partial charge in [0.1, 0.15) is 0 Å². The predicted molar refractivity (Wildman–Crippen MR) is 57.1 cm³/mol. The van der Waals surface area contributed by atoms with E-state index in [-0.39, 0.29) is 0 Å². The standard InChI is InChI=1S/C12H25/c1-7-12(5,6)9-11(4)8-10(2)3/h10H,7-9H2,1-6H3. The molecule has 0 heteroatoms. The molecule has 0 unspecified atom stereocenters. The van der Waals surface area contributed by atoms with Gasteiger partial charge in [-0.3, -0.25) is 0 Å². The van der Waals surface area contributed by atoms with Gasteiger partial charge in [-0.25, -0.2) is 0 Å². The van der Waals surface area contributed by atoms with Gasteiger partial charge < -0.3 is 0 Å². The van der Waals surface area contributed by atoms with Gasteiger partial charge in [0, 0.05) is 0 Å². The Balaban J connectivity index is 3.75. The molecule has 0 saturated heterocycles. The SMILES string of the molecule is CCC(C)(C)C[C](C)CC(C)C. The summed E-state index contributed by atoms with van der Waals surface area (Å²) in [5.41, 5.74) is 0.513. The van der Waals surface area contributed by atoms with Crippen molar-refractivity contribution >= 4 is 0 Å². The van der Waals surface area contributed by atoms with Crippen molar-refractivity contribution in [2.45, 2.75) is 60.8 Å². The minimum absolute atomic E-state index is 0.513. The molecule has 0 rings (SSSR count). The second-order valence-electron chi connectivity index (χ2n) is 5.25. The topological polar surface area (TPSA) is 0 Å². The molecule has 0 bridgehead atoms. The molecule has 0 aromatic heterocycles. The van der Waals surface area contributed by atoms with E-state index in [1.807, 2.05) is 0 Å². The smallest absolute Gasteiger partial charge is 0.0264 e. The number of rotatable bonds is 5. The highest BCUT2D eigenvalue weighted by atomic mass is 14.2. The third kappa shape index (κ3) is 5.62. The zero-order valence-corrected chi connectivity index (χ0v) is 9.70. The Morgan fingerprint density at radius 2 is 1.75 bits per heavy atom. The monoisotopic (exact) mass is 169 g/mol. The van der Waals surface area contributed by atoms with Crippen LogP contribution in [0.4, 0.5) is 0 Å². The van der Waals surface area contributed by atoms with E-state index in [1.165, 1.54) is 19.3 Å². The Labute approximate surface area is 78.8 Å². The van der Waals surface area contributed by atoms with Crippen molar-refractivity contribution in [2.24, 2.45) is 11.3 Å². The van der Waals surface area contributed by atoms with Gasteiger partial charge in [0.25, 0.3) is 0 Å². The van der Waals surface area contributed by atoms with E-state index < -0.39 is 0 Å². The van der Waals surface area contributed by atoms with E-state index in [2.05, 4.69) is 41.5 Å². The molecular weight excluding hydrogens is 144 g/mol. The minimum Gasteiger partial charge on any atom is -0.0649 e. The number of hydrogen-bond acceptors (Lipinski definition) is 0. The van der Waals surface area contributed by atoms with Crippen molar-refractivity contribution in [1.82, 2.24) is 0 Å². The Morgan fingerprint density at radius 1 is 1.25 bits per heavy atom. The van der Waals surface area contributed by atoms with Crippen LogP contribution in [0.5, 0.6) is 0 Å². The lowest BCUT2D eigenvalue weighted by Gasteiger charge is -2.27. The summed E-state index contributed by atoms with van der Waals surface area (Å²) in [6, 6.07) is 0. The van der Waals surface area contributed by atoms with E-state index >= 15 is 0 Å². The van der Waals surface area contributed by atoms with E-state index in [9.17, 15) is 0 Å². The van der Waals surface area contributed by atoms with Gasteiger partial charge in [-0.2, -0.15) is 0 Å². The van der Waals surface area contributed by atoms with Crippen LogP contribution in [0.15, 0.2) is 0 Å². The first-order valence-corrected chi connectivity index (χ1v) is 5.18. The molecule has 0 aromatic carbocycles. The van der Waals surface area contributed by atoms with Crippen LogP contribution in [0.1, 0.15) is 60.8 Å². The lowest BCUT2D eigenvalue weighted by Crippen LogP contribution is -2.14. The maximum absolute atomic E-state index is 2.36. The second kappa shape index (κ2) is 4.89. The molecule has 0 aromatic rings. The molecule has 12 heavy (non-hydrogen) atoms. The van der Waals surface area contributed by atoms with Crippen LogP contribution in [0, 0.1) is 17.3 Å². The van der Waals surface area contributed by atoms with Gasteiger partial charge in [-0.1, -0.05) is 48.0 Å². The van der Waals surface area contributed by atoms with Gasteiger partial charge in [0.05, 0.1) is 0 Å². The van der Waals surface area contributed by atoms with Crippen LogP contribution in [-0.2, 0) is 0 Å². The molecule has 0 aliphatic rings. The zero-order valence-electron chi connectivity index (χ0n) is 9.70. The zero-order chi connectivity index (χ0) is 9.78. The Hall–Kier alpha value is 0. The molecule has 0 amide bonds. The van der Waals surface area contributed by atoms with Crippen LogP contribution in [0.2, 0.25) is 0 Å². The average Bonchev–Trinajstić information content (AvgIpc) is 1.84. The van der Waals surface area contributed by atoms with Gasteiger partial charge >= 0.3 is 0 Å². The van der Waals surface area contributed by atoms with Crippen molar-refractivity contribution in [2.75, 3.05) is 0 Å². The fourth-order valence-electron chi connectivity index (χ4n) is 1.71. The molecule has 0 atom stereocenters. The van der Waals surface area contributed by atoms with E-state index in [0.29, 0.717) is 5.41 Å². The molecule has 0 fully saturated rings. The van der Waals surface area contributed by atoms with Crippen LogP contribution in [0.25, 0.3) is 0 Å². The summed E-state index contributed by atoms with van der Waals surface area (Å²) in [5.74, 6) is 2.48. The fourth-order valence-corrected chi connectivity index (χ4v) is 1.71. The third-order valence-corrected chi connectivity index (χ3v) is 2.49. The van der Waals surface area contributed by atoms with Crippen molar-refractivity contribution in [1.29, 1.82) is 0 Å². The molecule has 0 spiro atoms. The first-order valence-electron chi connectivity index (χ1n) is 5.18. The van der Waals surface area contributed by atoms with Crippen LogP contribution in [-0.4, -0.2) is 0 Å². The summed E-state index contributed by atoms with van der Waals surface area (Å²) >= 11 is 0. The predicted octanol–water partition coefficient (Wildman–Crippen LogP) is 4.45. The maximum Gasteiger partial charge on any atom is -0.0264 e. The molecule has 0 aliphatic carbocycles. The van der Waals surface area contributed by atoms with Crippen LogP contribution in [0.3, 0.4) is 0 Å². The second-order valence-corrected chi connectivity index (χ2v) is 5.25. The summed E-state index contributed by atoms with van der Waals surface area (Å²) in [6.45, 7) is 13.9. The molecule has 0 N–H and O–H groups in total. The third-order valence-electron chi connectivity index (χ3n) is 2.49. The molecule has 0 nitrogen and oxygen atoms in total. The first kappa shape index (κ1) is 12.0. The minimum atomic E-state index is 0.513. The highest BCUT2D eigenvalue weighted by molar-refractivity contribution is 4.90. The quantitative estimate of drug-likeness (QED) is 0.570. The highest BCUT2D eigenvalue weighted by Crippen LogP contribution is 2.32. The van der Waals surface area contributed by atoms with Crippen molar-refractivity contribution in [3.8, 4) is 0 Å². The van der Waals surface area contributed by atoms with Gasteiger partial charge in [-0.05, 0) is 30.1 Å². The molecule has 0 saturated carbocycles. The van der Waals surface area contributed by atoms with E-state index in [0.717, 1.165) is 5.92 Å². The largest absolute Gasteiger partial charge is 0.0649 e. The molecule has 0 heterocycles. The molecule has 73 valence electrons. The van der Waals surface area contributed by atoms with Crippen molar-refractivity contribution in [3.63, 3.8) is 0 Å². The van der Waals surface area contributed by atoms with Gasteiger partial charge in [0.15, 0.2) is 0 Å². The lowest BCUT2D eigenvalue weighted by atomic mass is 9.79. The maximum atomic E-state index is 2.36. The fraction of sp³-hybridized carbons (Fsp3) is 0.917. The van der Waals surface area contributed by atoms with Crippen molar-refractivity contribution in [3.05, 3.63) is 5.92 Å². The average molecular weight is 169 g/mol. The summed E-state index contributed by atoms with van der Waals surface area (Å²) in [4.78, 5) is 0. The lowest BCUT2D eigenvalue weighted by molar-refractivity contribution is 0.319. The normalized spacial score (nSPS) is 13.0. The number of hydrogen-bond donors (Lipinski definition) is 0.